The lowest BCUT2D eigenvalue weighted by atomic mass is 10.1. The fraction of sp³-hybridized carbons (Fsp3) is 0.438. The molecule has 0 radical (unpaired) electrons. The smallest absolute Gasteiger partial charge is 0.321 e. The molecule has 1 aromatic carbocycles. The fourth-order valence-electron chi connectivity index (χ4n) is 2.76. The van der Waals surface area contributed by atoms with E-state index in [0.717, 1.165) is 5.01 Å². The lowest BCUT2D eigenvalue weighted by Gasteiger charge is -2.09. The summed E-state index contributed by atoms with van der Waals surface area (Å²) >= 11 is 1.33. The maximum Gasteiger partial charge on any atom is 0.321 e. The van der Waals surface area contributed by atoms with Gasteiger partial charge in [-0.15, -0.1) is 10.2 Å². The van der Waals surface area contributed by atoms with Crippen molar-refractivity contribution in [3.05, 3.63) is 40.4 Å². The largest absolute Gasteiger partial charge is 0.337 e. The first-order valence-electron chi connectivity index (χ1n) is 8.03. The zero-order chi connectivity index (χ0) is 17.9. The van der Waals surface area contributed by atoms with E-state index in [1.807, 2.05) is 31.2 Å². The van der Waals surface area contributed by atoms with Gasteiger partial charge in [-0.2, -0.15) is 0 Å². The van der Waals surface area contributed by atoms with Crippen LogP contribution in [-0.2, 0) is 16.3 Å². The third-order valence-corrected chi connectivity index (χ3v) is 6.84. The molecule has 134 valence electrons. The Labute approximate surface area is 150 Å². The third kappa shape index (κ3) is 4.99. The van der Waals surface area contributed by atoms with Gasteiger partial charge >= 0.3 is 6.03 Å². The highest BCUT2D eigenvalue weighted by Crippen LogP contribution is 2.20. The molecule has 2 aromatic rings. The molecular formula is C16H20N4O3S2. The summed E-state index contributed by atoms with van der Waals surface area (Å²) in [6.07, 6.45) is 1.27. The number of benzene rings is 1. The minimum Gasteiger partial charge on any atom is -0.337 e. The van der Waals surface area contributed by atoms with Crippen LogP contribution in [0.2, 0.25) is 0 Å². The van der Waals surface area contributed by atoms with Crippen molar-refractivity contribution in [3.8, 4) is 0 Å². The van der Waals surface area contributed by atoms with Gasteiger partial charge in [0.05, 0.1) is 11.5 Å². The summed E-state index contributed by atoms with van der Waals surface area (Å²) in [7, 11) is -2.92. The van der Waals surface area contributed by atoms with Gasteiger partial charge in [0.2, 0.25) is 5.13 Å². The monoisotopic (exact) mass is 380 g/mol. The number of aromatic nitrogens is 2. The molecule has 0 saturated carbocycles. The van der Waals surface area contributed by atoms with Gasteiger partial charge < -0.3 is 5.32 Å². The number of anilines is 1. The van der Waals surface area contributed by atoms with Crippen LogP contribution in [0.25, 0.3) is 0 Å². The van der Waals surface area contributed by atoms with Gasteiger partial charge in [-0.3, -0.25) is 5.32 Å². The summed E-state index contributed by atoms with van der Waals surface area (Å²) in [6.45, 7) is 2.39. The van der Waals surface area contributed by atoms with Crippen molar-refractivity contribution < 1.29 is 13.2 Å². The second-order valence-electron chi connectivity index (χ2n) is 6.21. The van der Waals surface area contributed by atoms with E-state index in [1.54, 1.807) is 0 Å². The Morgan fingerprint density at radius 1 is 1.32 bits per heavy atom. The predicted octanol–water partition coefficient (Wildman–Crippen LogP) is 1.99. The molecular weight excluding hydrogens is 360 g/mol. The van der Waals surface area contributed by atoms with Crippen LogP contribution < -0.4 is 10.6 Å². The van der Waals surface area contributed by atoms with E-state index in [2.05, 4.69) is 20.8 Å². The maximum atomic E-state index is 11.9. The van der Waals surface area contributed by atoms with Crippen LogP contribution in [0, 0.1) is 12.8 Å². The van der Waals surface area contributed by atoms with Gasteiger partial charge in [0.15, 0.2) is 9.84 Å². The highest BCUT2D eigenvalue weighted by atomic mass is 32.2. The topological polar surface area (TPSA) is 101 Å². The number of rotatable bonds is 5. The molecule has 2 N–H and O–H groups in total. The number of sulfone groups is 1. The lowest BCUT2D eigenvalue weighted by molar-refractivity contribution is 0.250. The second kappa shape index (κ2) is 7.49. The molecule has 1 aliphatic heterocycles. The van der Waals surface area contributed by atoms with Crippen LogP contribution in [0.1, 0.15) is 22.6 Å². The molecule has 7 nitrogen and oxygen atoms in total. The van der Waals surface area contributed by atoms with Gasteiger partial charge in [-0.1, -0.05) is 35.6 Å². The number of carbonyl (C=O) groups excluding carboxylic acids is 1. The van der Waals surface area contributed by atoms with Crippen LogP contribution in [0.5, 0.6) is 0 Å². The Morgan fingerprint density at radius 2 is 2.12 bits per heavy atom. The van der Waals surface area contributed by atoms with Crippen LogP contribution >= 0.6 is 11.3 Å². The molecule has 1 aliphatic rings. The molecule has 0 spiro atoms. The van der Waals surface area contributed by atoms with Crippen molar-refractivity contribution in [2.45, 2.75) is 19.8 Å². The Hall–Kier alpha value is -2.00. The van der Waals surface area contributed by atoms with Crippen molar-refractivity contribution in [2.24, 2.45) is 5.92 Å². The molecule has 3 rings (SSSR count). The van der Waals surface area contributed by atoms with E-state index in [0.29, 0.717) is 24.5 Å². The number of amides is 2. The number of nitrogens with one attached hydrogen (secondary N) is 2. The summed E-state index contributed by atoms with van der Waals surface area (Å²) in [5.41, 5.74) is 2.37. The highest BCUT2D eigenvalue weighted by molar-refractivity contribution is 7.91. The summed E-state index contributed by atoms with van der Waals surface area (Å²) in [6, 6.07) is 7.69. The molecule has 0 unspecified atom stereocenters. The number of nitrogens with zero attached hydrogens (tertiary/aromatic N) is 2. The molecule has 2 amide bonds. The van der Waals surface area contributed by atoms with E-state index in [-0.39, 0.29) is 23.5 Å². The number of hydrogen-bond acceptors (Lipinski definition) is 6. The SMILES string of the molecule is Cc1ccccc1Cc1nnc(NC(=O)NC[C@@H]2CCS(=O)(=O)C2)s1. The highest BCUT2D eigenvalue weighted by Gasteiger charge is 2.27. The van der Waals surface area contributed by atoms with Gasteiger partial charge in [0.1, 0.15) is 5.01 Å². The van der Waals surface area contributed by atoms with Crippen LogP contribution in [0.3, 0.4) is 0 Å². The Morgan fingerprint density at radius 3 is 2.84 bits per heavy atom. The van der Waals surface area contributed by atoms with Gasteiger partial charge in [-0.05, 0) is 30.4 Å². The first-order chi connectivity index (χ1) is 11.9. The summed E-state index contributed by atoms with van der Waals surface area (Å²) in [4.78, 5) is 11.9. The molecule has 9 heteroatoms. The van der Waals surface area contributed by atoms with E-state index in [9.17, 15) is 13.2 Å². The molecule has 1 aromatic heterocycles. The van der Waals surface area contributed by atoms with E-state index in [4.69, 9.17) is 0 Å². The normalized spacial score (nSPS) is 18.8. The predicted molar refractivity (Wildman–Crippen MR) is 97.7 cm³/mol. The first kappa shape index (κ1) is 17.8. The van der Waals surface area contributed by atoms with Crippen molar-refractivity contribution in [1.82, 2.24) is 15.5 Å². The average Bonchev–Trinajstić information content (AvgIpc) is 3.13. The van der Waals surface area contributed by atoms with Crippen molar-refractivity contribution in [2.75, 3.05) is 23.4 Å². The Kier molecular flexibility index (Phi) is 5.33. The quantitative estimate of drug-likeness (QED) is 0.826. The van der Waals surface area contributed by atoms with Crippen LogP contribution in [0.4, 0.5) is 9.93 Å². The number of hydrogen-bond donors (Lipinski definition) is 2. The average molecular weight is 380 g/mol. The molecule has 25 heavy (non-hydrogen) atoms. The first-order valence-corrected chi connectivity index (χ1v) is 10.7. The minimum absolute atomic E-state index is 0.0122. The van der Waals surface area contributed by atoms with Crippen molar-refractivity contribution in [3.63, 3.8) is 0 Å². The molecule has 0 aliphatic carbocycles. The van der Waals surface area contributed by atoms with Crippen molar-refractivity contribution in [1.29, 1.82) is 0 Å². The number of carbonyl (C=O) groups is 1. The number of aryl methyl sites for hydroxylation is 1. The van der Waals surface area contributed by atoms with E-state index in [1.165, 1.54) is 22.5 Å². The summed E-state index contributed by atoms with van der Waals surface area (Å²) in [5.74, 6) is 0.341. The van der Waals surface area contributed by atoms with Gasteiger partial charge in [0.25, 0.3) is 0 Å². The van der Waals surface area contributed by atoms with E-state index >= 15 is 0 Å². The molecule has 2 heterocycles. The maximum absolute atomic E-state index is 11.9. The number of urea groups is 1. The summed E-state index contributed by atoms with van der Waals surface area (Å²) in [5, 5.41) is 14.7. The molecule has 1 fully saturated rings. The lowest BCUT2D eigenvalue weighted by Crippen LogP contribution is -2.33. The standard InChI is InChI=1S/C16H20N4O3S2/c1-11-4-2-3-5-13(11)8-14-19-20-16(24-14)18-15(21)17-9-12-6-7-25(22,23)10-12/h2-5,12H,6-10H2,1H3,(H2,17,18,20,21)/t12-/m0/s1. The summed E-state index contributed by atoms with van der Waals surface area (Å²) < 4.78 is 22.8. The molecule has 0 bridgehead atoms. The zero-order valence-electron chi connectivity index (χ0n) is 13.9. The van der Waals surface area contributed by atoms with Gasteiger partial charge in [-0.25, -0.2) is 13.2 Å². The van der Waals surface area contributed by atoms with Crippen LogP contribution in [-0.4, -0.2) is 42.7 Å². The van der Waals surface area contributed by atoms with E-state index < -0.39 is 9.84 Å². The van der Waals surface area contributed by atoms with Crippen LogP contribution in [0.15, 0.2) is 24.3 Å². The second-order valence-corrected chi connectivity index (χ2v) is 9.50. The van der Waals surface area contributed by atoms with Crippen molar-refractivity contribution >= 4 is 32.3 Å². The minimum atomic E-state index is -2.92. The zero-order valence-corrected chi connectivity index (χ0v) is 15.5. The Balaban J connectivity index is 1.49. The fourth-order valence-corrected chi connectivity index (χ4v) is 5.38. The van der Waals surface area contributed by atoms with Gasteiger partial charge in [0, 0.05) is 13.0 Å². The Bertz CT molecular complexity index is 864. The molecule has 1 atom stereocenters. The third-order valence-electron chi connectivity index (χ3n) is 4.17. The molecule has 1 saturated heterocycles.